The highest BCUT2D eigenvalue weighted by molar-refractivity contribution is 7.90. The van der Waals surface area contributed by atoms with E-state index in [9.17, 15) is 8.42 Å². The number of fused-ring (bicyclic) bond motifs is 1. The Hall–Kier alpha value is -2.74. The Balaban J connectivity index is 1.70. The van der Waals surface area contributed by atoms with Gasteiger partial charge in [-0.15, -0.1) is 0 Å². The Labute approximate surface area is 158 Å². The highest BCUT2D eigenvalue weighted by Gasteiger charge is 2.22. The van der Waals surface area contributed by atoms with Gasteiger partial charge in [-0.2, -0.15) is 5.10 Å². The van der Waals surface area contributed by atoms with Gasteiger partial charge in [-0.1, -0.05) is 18.2 Å². The highest BCUT2D eigenvalue weighted by atomic mass is 32.2. The number of sulfone groups is 1. The molecule has 140 valence electrons. The Morgan fingerprint density at radius 3 is 2.63 bits per heavy atom. The molecule has 0 atom stereocenters. The maximum atomic E-state index is 12.7. The average molecular weight is 383 g/mol. The topological polar surface area (TPSA) is 101 Å². The third-order valence-electron chi connectivity index (χ3n) is 4.61. The standard InChI is InChI=1S/C19H21N5O2S/c1-13-11-17(24-23-13)21-19-15-9-5-6-10-16(15)20-18(22-19)12-27(25,26)14-7-3-2-4-8-14/h2-4,7-8,11H,5-6,9-10,12H2,1H3,(H2,20,21,22,23,24). The van der Waals surface area contributed by atoms with E-state index in [-0.39, 0.29) is 10.6 Å². The van der Waals surface area contributed by atoms with Crippen LogP contribution < -0.4 is 5.32 Å². The molecule has 0 spiro atoms. The van der Waals surface area contributed by atoms with E-state index < -0.39 is 9.84 Å². The van der Waals surface area contributed by atoms with Gasteiger partial charge in [0.2, 0.25) is 0 Å². The van der Waals surface area contributed by atoms with Crippen LogP contribution in [0.5, 0.6) is 0 Å². The molecule has 0 fully saturated rings. The lowest BCUT2D eigenvalue weighted by Crippen LogP contribution is -2.16. The van der Waals surface area contributed by atoms with Gasteiger partial charge in [0.15, 0.2) is 9.84 Å². The first kappa shape index (κ1) is 17.7. The number of aromatic amines is 1. The molecule has 0 unspecified atom stereocenters. The maximum Gasteiger partial charge on any atom is 0.185 e. The molecule has 1 aliphatic carbocycles. The molecule has 0 amide bonds. The normalized spacial score (nSPS) is 14.0. The summed E-state index contributed by atoms with van der Waals surface area (Å²) in [6.45, 7) is 1.90. The van der Waals surface area contributed by atoms with Crippen LogP contribution >= 0.6 is 0 Å². The van der Waals surface area contributed by atoms with Crippen molar-refractivity contribution in [1.82, 2.24) is 20.2 Å². The number of aryl methyl sites for hydroxylation is 2. The van der Waals surface area contributed by atoms with E-state index in [1.165, 1.54) is 0 Å². The van der Waals surface area contributed by atoms with E-state index >= 15 is 0 Å². The van der Waals surface area contributed by atoms with Gasteiger partial charge in [-0.05, 0) is 44.7 Å². The van der Waals surface area contributed by atoms with E-state index in [4.69, 9.17) is 0 Å². The molecule has 0 saturated carbocycles. The monoisotopic (exact) mass is 383 g/mol. The van der Waals surface area contributed by atoms with Gasteiger partial charge < -0.3 is 5.32 Å². The Bertz CT molecular complexity index is 1060. The molecule has 8 heteroatoms. The zero-order chi connectivity index (χ0) is 18.9. The van der Waals surface area contributed by atoms with Gasteiger partial charge >= 0.3 is 0 Å². The first-order valence-electron chi connectivity index (χ1n) is 8.97. The molecule has 3 aromatic rings. The summed E-state index contributed by atoms with van der Waals surface area (Å²) in [5.41, 5.74) is 2.87. The molecule has 4 rings (SSSR count). The molecular formula is C19H21N5O2S. The Kier molecular flexibility index (Phi) is 4.65. The molecular weight excluding hydrogens is 362 g/mol. The zero-order valence-electron chi connectivity index (χ0n) is 15.1. The fraction of sp³-hybridized carbons (Fsp3) is 0.316. The number of hydrogen-bond donors (Lipinski definition) is 2. The molecule has 0 bridgehead atoms. The number of rotatable bonds is 5. The third-order valence-corrected chi connectivity index (χ3v) is 6.24. The van der Waals surface area contributed by atoms with E-state index in [0.717, 1.165) is 48.5 Å². The summed E-state index contributed by atoms with van der Waals surface area (Å²) in [5, 5.41) is 10.3. The largest absolute Gasteiger partial charge is 0.325 e. The van der Waals surface area contributed by atoms with Crippen LogP contribution in [-0.4, -0.2) is 28.6 Å². The van der Waals surface area contributed by atoms with Gasteiger partial charge in [0.1, 0.15) is 23.2 Å². The van der Waals surface area contributed by atoms with E-state index in [1.807, 2.05) is 13.0 Å². The van der Waals surface area contributed by atoms with Crippen molar-refractivity contribution in [2.75, 3.05) is 5.32 Å². The van der Waals surface area contributed by atoms with Crippen LogP contribution in [0.3, 0.4) is 0 Å². The first-order chi connectivity index (χ1) is 13.0. The Morgan fingerprint density at radius 2 is 1.89 bits per heavy atom. The van der Waals surface area contributed by atoms with Crippen molar-refractivity contribution >= 4 is 21.5 Å². The average Bonchev–Trinajstić information content (AvgIpc) is 3.07. The van der Waals surface area contributed by atoms with Crippen molar-refractivity contribution < 1.29 is 8.42 Å². The van der Waals surface area contributed by atoms with E-state index in [2.05, 4.69) is 25.5 Å². The summed E-state index contributed by atoms with van der Waals surface area (Å²) >= 11 is 0. The van der Waals surface area contributed by atoms with Crippen LogP contribution in [0, 0.1) is 6.92 Å². The van der Waals surface area contributed by atoms with Crippen LogP contribution in [0.15, 0.2) is 41.3 Å². The van der Waals surface area contributed by atoms with Crippen LogP contribution in [0.2, 0.25) is 0 Å². The van der Waals surface area contributed by atoms with Crippen molar-refractivity contribution in [3.8, 4) is 0 Å². The number of benzene rings is 1. The fourth-order valence-corrected chi connectivity index (χ4v) is 4.52. The zero-order valence-corrected chi connectivity index (χ0v) is 15.9. The second-order valence-electron chi connectivity index (χ2n) is 6.74. The van der Waals surface area contributed by atoms with Crippen LogP contribution in [-0.2, 0) is 28.4 Å². The lowest BCUT2D eigenvalue weighted by Gasteiger charge is -2.19. The lowest BCUT2D eigenvalue weighted by molar-refractivity contribution is 0.593. The van der Waals surface area contributed by atoms with Crippen LogP contribution in [0.1, 0.15) is 35.6 Å². The summed E-state index contributed by atoms with van der Waals surface area (Å²) in [7, 11) is -3.50. The molecule has 27 heavy (non-hydrogen) atoms. The molecule has 2 N–H and O–H groups in total. The van der Waals surface area contributed by atoms with Gasteiger partial charge in [0.05, 0.1) is 10.6 Å². The second-order valence-corrected chi connectivity index (χ2v) is 8.73. The van der Waals surface area contributed by atoms with Gasteiger partial charge in [-0.3, -0.25) is 5.10 Å². The summed E-state index contributed by atoms with van der Waals surface area (Å²) < 4.78 is 25.5. The number of aromatic nitrogens is 4. The number of hydrogen-bond acceptors (Lipinski definition) is 6. The molecule has 2 aromatic heterocycles. The fourth-order valence-electron chi connectivity index (χ4n) is 3.31. The van der Waals surface area contributed by atoms with Crippen molar-refractivity contribution in [3.05, 3.63) is 59.2 Å². The minimum absolute atomic E-state index is 0.221. The molecule has 2 heterocycles. The smallest absolute Gasteiger partial charge is 0.185 e. The van der Waals surface area contributed by atoms with Gasteiger partial charge in [0, 0.05) is 17.3 Å². The molecule has 7 nitrogen and oxygen atoms in total. The third kappa shape index (κ3) is 3.85. The van der Waals surface area contributed by atoms with E-state index in [0.29, 0.717) is 11.6 Å². The van der Waals surface area contributed by atoms with E-state index in [1.54, 1.807) is 30.3 Å². The number of nitrogens with one attached hydrogen (secondary N) is 2. The highest BCUT2D eigenvalue weighted by Crippen LogP contribution is 2.28. The Morgan fingerprint density at radius 1 is 1.11 bits per heavy atom. The summed E-state index contributed by atoms with van der Waals surface area (Å²) in [6, 6.07) is 10.3. The van der Waals surface area contributed by atoms with Crippen LogP contribution in [0.25, 0.3) is 0 Å². The SMILES string of the molecule is Cc1cc(Nc2nc(CS(=O)(=O)c3ccccc3)nc3c2CCCC3)[nH]n1. The number of anilines is 2. The van der Waals surface area contributed by atoms with Gasteiger partial charge in [-0.25, -0.2) is 18.4 Å². The van der Waals surface area contributed by atoms with Crippen molar-refractivity contribution in [3.63, 3.8) is 0 Å². The summed E-state index contributed by atoms with van der Waals surface area (Å²) in [5.74, 6) is 1.50. The number of H-pyrrole nitrogens is 1. The lowest BCUT2D eigenvalue weighted by atomic mass is 9.96. The van der Waals surface area contributed by atoms with Crippen LogP contribution in [0.4, 0.5) is 11.6 Å². The van der Waals surface area contributed by atoms with Gasteiger partial charge in [0.25, 0.3) is 0 Å². The quantitative estimate of drug-likeness (QED) is 0.702. The minimum Gasteiger partial charge on any atom is -0.325 e. The predicted octanol–water partition coefficient (Wildman–Crippen LogP) is 3.10. The predicted molar refractivity (Wildman–Crippen MR) is 103 cm³/mol. The molecule has 1 aromatic carbocycles. The molecule has 0 aliphatic heterocycles. The van der Waals surface area contributed by atoms with Crippen molar-refractivity contribution in [1.29, 1.82) is 0 Å². The summed E-state index contributed by atoms with van der Waals surface area (Å²) in [6.07, 6.45) is 3.86. The first-order valence-corrected chi connectivity index (χ1v) is 10.6. The molecule has 0 radical (unpaired) electrons. The van der Waals surface area contributed by atoms with Crippen molar-refractivity contribution in [2.24, 2.45) is 0 Å². The maximum absolute atomic E-state index is 12.7. The molecule has 1 aliphatic rings. The van der Waals surface area contributed by atoms with Crippen molar-refractivity contribution in [2.45, 2.75) is 43.3 Å². The minimum atomic E-state index is -3.50. The molecule has 0 saturated heterocycles. The number of nitrogens with zero attached hydrogens (tertiary/aromatic N) is 3. The second kappa shape index (κ2) is 7.11. The summed E-state index contributed by atoms with van der Waals surface area (Å²) in [4.78, 5) is 9.41.